The Morgan fingerprint density at radius 1 is 1.19 bits per heavy atom. The quantitative estimate of drug-likeness (QED) is 0.869. The van der Waals surface area contributed by atoms with Gasteiger partial charge in [0.1, 0.15) is 5.75 Å². The van der Waals surface area contributed by atoms with E-state index < -0.39 is 0 Å². The number of fused-ring (bicyclic) bond motifs is 1. The molecule has 1 N–H and O–H groups in total. The van der Waals surface area contributed by atoms with E-state index in [1.54, 1.807) is 0 Å². The van der Waals surface area contributed by atoms with Crippen LogP contribution in [0.5, 0.6) is 5.75 Å². The van der Waals surface area contributed by atoms with Gasteiger partial charge in [0.2, 0.25) is 0 Å². The van der Waals surface area contributed by atoms with Gasteiger partial charge in [0.15, 0.2) is 0 Å². The lowest BCUT2D eigenvalue weighted by atomic mass is 9.92. The zero-order valence-electron chi connectivity index (χ0n) is 12.2. The Kier molecular flexibility index (Phi) is 4.61. The number of benzene rings is 2. The second-order valence-corrected chi connectivity index (χ2v) is 6.38. The summed E-state index contributed by atoms with van der Waals surface area (Å²) in [6.07, 6.45) is 1.08. The molecule has 2 atom stereocenters. The second kappa shape index (κ2) is 6.63. The minimum atomic E-state index is 0.329. The minimum absolute atomic E-state index is 0.329. The SMILES string of the molecule is C[C@@H](NCC1CCOc2ccccc21)c1ccccc1Br. The summed E-state index contributed by atoms with van der Waals surface area (Å²) in [6, 6.07) is 17.1. The number of hydrogen-bond donors (Lipinski definition) is 1. The molecule has 0 radical (unpaired) electrons. The lowest BCUT2D eigenvalue weighted by molar-refractivity contribution is 0.263. The van der Waals surface area contributed by atoms with Crippen LogP contribution in [0.15, 0.2) is 53.0 Å². The predicted octanol–water partition coefficient (Wildman–Crippen LogP) is 4.67. The molecule has 1 unspecified atom stereocenters. The van der Waals surface area contributed by atoms with Crippen molar-refractivity contribution >= 4 is 15.9 Å². The van der Waals surface area contributed by atoms with Crippen LogP contribution in [0.3, 0.4) is 0 Å². The molecule has 0 bridgehead atoms. The lowest BCUT2D eigenvalue weighted by Crippen LogP contribution is -2.28. The monoisotopic (exact) mass is 345 g/mol. The molecule has 0 aliphatic carbocycles. The number of para-hydroxylation sites is 1. The highest BCUT2D eigenvalue weighted by Crippen LogP contribution is 2.33. The van der Waals surface area contributed by atoms with Crippen molar-refractivity contribution in [3.8, 4) is 5.75 Å². The average Bonchev–Trinajstić information content (AvgIpc) is 2.53. The van der Waals surface area contributed by atoms with Gasteiger partial charge in [0, 0.05) is 23.0 Å². The Morgan fingerprint density at radius 2 is 1.95 bits per heavy atom. The van der Waals surface area contributed by atoms with Crippen LogP contribution in [0, 0.1) is 0 Å². The first-order valence-electron chi connectivity index (χ1n) is 7.45. The molecule has 0 saturated heterocycles. The molecular weight excluding hydrogens is 326 g/mol. The fourth-order valence-corrected chi connectivity index (χ4v) is 3.51. The summed E-state index contributed by atoms with van der Waals surface area (Å²) in [6.45, 7) is 4.00. The highest BCUT2D eigenvalue weighted by Gasteiger charge is 2.21. The molecular formula is C18H20BrNO. The van der Waals surface area contributed by atoms with Gasteiger partial charge in [-0.25, -0.2) is 0 Å². The van der Waals surface area contributed by atoms with Gasteiger partial charge in [0.05, 0.1) is 6.61 Å². The van der Waals surface area contributed by atoms with Gasteiger partial charge in [-0.3, -0.25) is 0 Å². The molecule has 0 amide bonds. The third kappa shape index (κ3) is 3.30. The highest BCUT2D eigenvalue weighted by molar-refractivity contribution is 9.10. The van der Waals surface area contributed by atoms with Gasteiger partial charge in [-0.2, -0.15) is 0 Å². The molecule has 1 aliphatic heterocycles. The normalized spacial score (nSPS) is 18.7. The molecule has 21 heavy (non-hydrogen) atoms. The maximum atomic E-state index is 5.73. The number of halogens is 1. The van der Waals surface area contributed by atoms with Crippen LogP contribution in [-0.4, -0.2) is 13.2 Å². The highest BCUT2D eigenvalue weighted by atomic mass is 79.9. The van der Waals surface area contributed by atoms with Crippen molar-refractivity contribution in [2.45, 2.75) is 25.3 Å². The fraction of sp³-hybridized carbons (Fsp3) is 0.333. The Hall–Kier alpha value is -1.32. The summed E-state index contributed by atoms with van der Waals surface area (Å²) in [7, 11) is 0. The van der Waals surface area contributed by atoms with E-state index in [0.717, 1.165) is 29.8 Å². The molecule has 2 aromatic carbocycles. The summed E-state index contributed by atoms with van der Waals surface area (Å²) in [5.41, 5.74) is 2.63. The Bertz CT molecular complexity index is 614. The Morgan fingerprint density at radius 3 is 2.81 bits per heavy atom. The Labute approximate surface area is 134 Å². The molecule has 1 heterocycles. The number of ether oxygens (including phenoxy) is 1. The van der Waals surface area contributed by atoms with Crippen LogP contribution in [0.1, 0.15) is 36.4 Å². The number of rotatable bonds is 4. The molecule has 2 aromatic rings. The number of hydrogen-bond acceptors (Lipinski definition) is 2. The van der Waals surface area contributed by atoms with Crippen molar-refractivity contribution in [2.24, 2.45) is 0 Å². The zero-order chi connectivity index (χ0) is 14.7. The molecule has 2 nitrogen and oxygen atoms in total. The van der Waals surface area contributed by atoms with E-state index in [4.69, 9.17) is 4.74 Å². The Balaban J connectivity index is 1.67. The van der Waals surface area contributed by atoms with E-state index >= 15 is 0 Å². The van der Waals surface area contributed by atoms with Gasteiger partial charge >= 0.3 is 0 Å². The van der Waals surface area contributed by atoms with Crippen molar-refractivity contribution in [1.29, 1.82) is 0 Å². The maximum Gasteiger partial charge on any atom is 0.122 e. The summed E-state index contributed by atoms with van der Waals surface area (Å²) in [5.74, 6) is 1.57. The van der Waals surface area contributed by atoms with Crippen LogP contribution in [0.2, 0.25) is 0 Å². The zero-order valence-corrected chi connectivity index (χ0v) is 13.8. The summed E-state index contributed by atoms with van der Waals surface area (Å²) in [4.78, 5) is 0. The van der Waals surface area contributed by atoms with Crippen molar-refractivity contribution in [2.75, 3.05) is 13.2 Å². The molecule has 3 rings (SSSR count). The van der Waals surface area contributed by atoms with Gasteiger partial charge in [-0.1, -0.05) is 52.3 Å². The number of nitrogens with one attached hydrogen (secondary N) is 1. The largest absolute Gasteiger partial charge is 0.493 e. The molecule has 110 valence electrons. The fourth-order valence-electron chi connectivity index (χ4n) is 2.88. The molecule has 0 aromatic heterocycles. The van der Waals surface area contributed by atoms with E-state index in [-0.39, 0.29) is 0 Å². The maximum absolute atomic E-state index is 5.73. The van der Waals surface area contributed by atoms with E-state index in [1.165, 1.54) is 11.1 Å². The van der Waals surface area contributed by atoms with Gasteiger partial charge in [-0.05, 0) is 36.6 Å². The molecule has 0 fully saturated rings. The third-order valence-electron chi connectivity index (χ3n) is 4.12. The van der Waals surface area contributed by atoms with E-state index in [1.807, 2.05) is 6.07 Å². The van der Waals surface area contributed by atoms with Crippen molar-refractivity contribution in [1.82, 2.24) is 5.32 Å². The topological polar surface area (TPSA) is 21.3 Å². The van der Waals surface area contributed by atoms with Crippen LogP contribution in [0.4, 0.5) is 0 Å². The van der Waals surface area contributed by atoms with E-state index in [0.29, 0.717) is 12.0 Å². The second-order valence-electron chi connectivity index (χ2n) is 5.52. The first kappa shape index (κ1) is 14.6. The van der Waals surface area contributed by atoms with Gasteiger partial charge < -0.3 is 10.1 Å². The summed E-state index contributed by atoms with van der Waals surface area (Å²) < 4.78 is 6.89. The van der Waals surface area contributed by atoms with Crippen LogP contribution < -0.4 is 10.1 Å². The predicted molar refractivity (Wildman–Crippen MR) is 89.9 cm³/mol. The standard InChI is InChI=1S/C18H20BrNO/c1-13(15-6-2-4-8-17(15)19)20-12-14-10-11-21-18-9-5-3-7-16(14)18/h2-9,13-14,20H,10-12H2,1H3/t13-,14?/m1/s1. The van der Waals surface area contributed by atoms with Crippen molar-refractivity contribution < 1.29 is 4.74 Å². The van der Waals surface area contributed by atoms with Crippen molar-refractivity contribution in [3.05, 3.63) is 64.1 Å². The van der Waals surface area contributed by atoms with Gasteiger partial charge in [-0.15, -0.1) is 0 Å². The summed E-state index contributed by atoms with van der Waals surface area (Å²) in [5, 5.41) is 3.66. The lowest BCUT2D eigenvalue weighted by Gasteiger charge is -2.27. The van der Waals surface area contributed by atoms with Gasteiger partial charge in [0.25, 0.3) is 0 Å². The average molecular weight is 346 g/mol. The van der Waals surface area contributed by atoms with Crippen LogP contribution >= 0.6 is 15.9 Å². The first-order valence-corrected chi connectivity index (χ1v) is 8.24. The molecule has 3 heteroatoms. The minimum Gasteiger partial charge on any atom is -0.493 e. The smallest absolute Gasteiger partial charge is 0.122 e. The van der Waals surface area contributed by atoms with E-state index in [9.17, 15) is 0 Å². The first-order chi connectivity index (χ1) is 10.3. The van der Waals surface area contributed by atoms with Crippen molar-refractivity contribution in [3.63, 3.8) is 0 Å². The third-order valence-corrected chi connectivity index (χ3v) is 4.85. The van der Waals surface area contributed by atoms with E-state index in [2.05, 4.69) is 70.6 Å². The van der Waals surface area contributed by atoms with Crippen LogP contribution in [-0.2, 0) is 0 Å². The summed E-state index contributed by atoms with van der Waals surface area (Å²) >= 11 is 3.63. The molecule has 0 saturated carbocycles. The van der Waals surface area contributed by atoms with Crippen LogP contribution in [0.25, 0.3) is 0 Å². The molecule has 1 aliphatic rings. The molecule has 0 spiro atoms.